The lowest BCUT2D eigenvalue weighted by molar-refractivity contribution is 0.0436. The summed E-state index contributed by atoms with van der Waals surface area (Å²) >= 11 is 1.09. The van der Waals surface area contributed by atoms with Crippen LogP contribution in [0.3, 0.4) is 0 Å². The number of nitrogens with one attached hydrogen (secondary N) is 1. The number of rotatable bonds is 8. The van der Waals surface area contributed by atoms with Gasteiger partial charge in [-0.05, 0) is 31.9 Å². The Morgan fingerprint density at radius 3 is 2.66 bits per heavy atom. The molecule has 0 bridgehead atoms. The van der Waals surface area contributed by atoms with Gasteiger partial charge in [0.1, 0.15) is 9.88 Å². The average Bonchev–Trinajstić information content (AvgIpc) is 3.20. The highest BCUT2D eigenvalue weighted by molar-refractivity contribution is 7.18. The van der Waals surface area contributed by atoms with E-state index in [1.165, 1.54) is 0 Å². The average molecular weight is 417 g/mol. The Bertz CT molecular complexity index is 935. The molecule has 0 saturated heterocycles. The van der Waals surface area contributed by atoms with Crippen molar-refractivity contribution in [1.82, 2.24) is 0 Å². The maximum Gasteiger partial charge on any atom is 0.348 e. The molecular formula is C21H23NO6S. The molecule has 0 amide bonds. The van der Waals surface area contributed by atoms with Crippen LogP contribution in [-0.4, -0.2) is 31.1 Å². The van der Waals surface area contributed by atoms with Crippen LogP contribution in [0.5, 0.6) is 0 Å². The van der Waals surface area contributed by atoms with E-state index in [0.717, 1.165) is 24.2 Å². The van der Waals surface area contributed by atoms with Crippen LogP contribution in [0, 0.1) is 6.92 Å². The van der Waals surface area contributed by atoms with Gasteiger partial charge in [0, 0.05) is 5.56 Å². The van der Waals surface area contributed by atoms with Crippen molar-refractivity contribution in [3.8, 4) is 0 Å². The third-order valence-electron chi connectivity index (χ3n) is 4.49. The Kier molecular flexibility index (Phi) is 6.53. The van der Waals surface area contributed by atoms with Gasteiger partial charge in [-0.3, -0.25) is 0 Å². The third kappa shape index (κ3) is 4.27. The van der Waals surface area contributed by atoms with Crippen LogP contribution in [0.25, 0.3) is 0 Å². The van der Waals surface area contributed by atoms with Crippen molar-refractivity contribution in [1.29, 1.82) is 0 Å². The molecule has 1 aromatic carbocycles. The van der Waals surface area contributed by atoms with Gasteiger partial charge in [0.2, 0.25) is 6.23 Å². The van der Waals surface area contributed by atoms with Crippen LogP contribution in [-0.2, 0) is 14.2 Å². The standard InChI is InChI=1S/C21H23NO6S/c1-4-6-11-27-20(24)15-12(3)16(21(25)26-5-2)29-18(15)22-17-13-9-7-8-10-14(13)19(23)28-17/h7-10,17,22H,4-6,11H2,1-3H3/t17-/m0/s1. The topological polar surface area (TPSA) is 90.9 Å². The van der Waals surface area contributed by atoms with Crippen LogP contribution in [0.15, 0.2) is 24.3 Å². The molecule has 1 aliphatic rings. The van der Waals surface area contributed by atoms with Crippen LogP contribution in [0.4, 0.5) is 5.00 Å². The second-order valence-electron chi connectivity index (χ2n) is 6.49. The fourth-order valence-corrected chi connectivity index (χ4v) is 4.11. The third-order valence-corrected chi connectivity index (χ3v) is 5.70. The summed E-state index contributed by atoms with van der Waals surface area (Å²) in [5, 5.41) is 3.50. The number of esters is 3. The Hall–Kier alpha value is -2.87. The number of ether oxygens (including phenoxy) is 3. The van der Waals surface area contributed by atoms with Crippen molar-refractivity contribution in [3.05, 3.63) is 51.4 Å². The molecule has 0 spiro atoms. The number of hydrogen-bond acceptors (Lipinski definition) is 8. The zero-order valence-electron chi connectivity index (χ0n) is 16.6. The molecular weight excluding hydrogens is 394 g/mol. The fraction of sp³-hybridized carbons (Fsp3) is 0.381. The van der Waals surface area contributed by atoms with E-state index < -0.39 is 24.1 Å². The largest absolute Gasteiger partial charge is 0.462 e. The second-order valence-corrected chi connectivity index (χ2v) is 7.51. The van der Waals surface area contributed by atoms with E-state index in [4.69, 9.17) is 14.2 Å². The van der Waals surface area contributed by atoms with E-state index in [0.29, 0.717) is 33.2 Å². The lowest BCUT2D eigenvalue weighted by Crippen LogP contribution is -2.14. The number of cyclic esters (lactones) is 1. The minimum Gasteiger partial charge on any atom is -0.462 e. The lowest BCUT2D eigenvalue weighted by atomic mass is 10.1. The monoisotopic (exact) mass is 417 g/mol. The van der Waals surface area contributed by atoms with Gasteiger partial charge >= 0.3 is 17.9 Å². The second kappa shape index (κ2) is 9.09. The molecule has 1 atom stereocenters. The smallest absolute Gasteiger partial charge is 0.348 e. The van der Waals surface area contributed by atoms with E-state index in [1.807, 2.05) is 6.92 Å². The maximum absolute atomic E-state index is 12.7. The Balaban J connectivity index is 1.94. The summed E-state index contributed by atoms with van der Waals surface area (Å²) in [5.74, 6) is -1.47. The van der Waals surface area contributed by atoms with Gasteiger partial charge in [-0.2, -0.15) is 0 Å². The van der Waals surface area contributed by atoms with Crippen molar-refractivity contribution >= 4 is 34.2 Å². The van der Waals surface area contributed by atoms with Crippen molar-refractivity contribution in [2.45, 2.75) is 39.8 Å². The van der Waals surface area contributed by atoms with Crippen LogP contribution in [0.1, 0.15) is 74.4 Å². The number of carbonyl (C=O) groups excluding carboxylic acids is 3. The van der Waals surface area contributed by atoms with Gasteiger partial charge in [0.25, 0.3) is 0 Å². The summed E-state index contributed by atoms with van der Waals surface area (Å²) < 4.78 is 15.9. The lowest BCUT2D eigenvalue weighted by Gasteiger charge is -2.14. The molecule has 1 aromatic heterocycles. The normalized spacial score (nSPS) is 14.9. The van der Waals surface area contributed by atoms with Crippen LogP contribution in [0.2, 0.25) is 0 Å². The van der Waals surface area contributed by atoms with Crippen LogP contribution >= 0.6 is 11.3 Å². The Morgan fingerprint density at radius 2 is 1.93 bits per heavy atom. The fourth-order valence-electron chi connectivity index (χ4n) is 3.01. The predicted octanol–water partition coefficient (Wildman–Crippen LogP) is 4.47. The molecule has 0 unspecified atom stereocenters. The summed E-state index contributed by atoms with van der Waals surface area (Å²) in [7, 11) is 0. The highest BCUT2D eigenvalue weighted by Gasteiger charge is 2.34. The predicted molar refractivity (Wildman–Crippen MR) is 108 cm³/mol. The van der Waals surface area contributed by atoms with Gasteiger partial charge < -0.3 is 19.5 Å². The van der Waals surface area contributed by atoms with Crippen molar-refractivity contribution in [2.24, 2.45) is 0 Å². The molecule has 154 valence electrons. The maximum atomic E-state index is 12.7. The quantitative estimate of drug-likeness (QED) is 0.385. The van der Waals surface area contributed by atoms with Crippen molar-refractivity contribution in [2.75, 3.05) is 18.5 Å². The molecule has 0 saturated carbocycles. The number of carbonyl (C=O) groups is 3. The Labute approximate surface area is 173 Å². The molecule has 7 nitrogen and oxygen atoms in total. The minimum atomic E-state index is -0.756. The summed E-state index contributed by atoms with van der Waals surface area (Å²) in [4.78, 5) is 37.5. The molecule has 0 fully saturated rings. The summed E-state index contributed by atoms with van der Waals surface area (Å²) in [6.07, 6.45) is 0.883. The van der Waals surface area contributed by atoms with E-state index in [-0.39, 0.29) is 12.2 Å². The molecule has 2 aromatic rings. The van der Waals surface area contributed by atoms with Gasteiger partial charge in [0.15, 0.2) is 0 Å². The first-order valence-electron chi connectivity index (χ1n) is 9.51. The molecule has 1 N–H and O–H groups in total. The van der Waals surface area contributed by atoms with Gasteiger partial charge in [-0.25, -0.2) is 14.4 Å². The molecule has 0 radical (unpaired) electrons. The Morgan fingerprint density at radius 1 is 1.17 bits per heavy atom. The van der Waals surface area contributed by atoms with Gasteiger partial charge in [-0.15, -0.1) is 11.3 Å². The van der Waals surface area contributed by atoms with E-state index in [1.54, 1.807) is 38.1 Å². The summed E-state index contributed by atoms with van der Waals surface area (Å²) in [5.41, 5.74) is 1.88. The number of fused-ring (bicyclic) bond motifs is 1. The number of anilines is 1. The number of unbranched alkanes of at least 4 members (excludes halogenated alkanes) is 1. The zero-order valence-corrected chi connectivity index (χ0v) is 17.4. The first-order chi connectivity index (χ1) is 14.0. The van der Waals surface area contributed by atoms with Gasteiger partial charge in [-0.1, -0.05) is 31.5 Å². The number of hydrogen-bond donors (Lipinski definition) is 1. The van der Waals surface area contributed by atoms with Crippen molar-refractivity contribution in [3.63, 3.8) is 0 Å². The van der Waals surface area contributed by atoms with E-state index in [9.17, 15) is 14.4 Å². The van der Waals surface area contributed by atoms with Crippen molar-refractivity contribution < 1.29 is 28.6 Å². The first-order valence-corrected chi connectivity index (χ1v) is 10.3. The van der Waals surface area contributed by atoms with Gasteiger partial charge in [0.05, 0.1) is 24.3 Å². The summed E-state index contributed by atoms with van der Waals surface area (Å²) in [6, 6.07) is 7.03. The molecule has 8 heteroatoms. The highest BCUT2D eigenvalue weighted by Crippen LogP contribution is 2.39. The highest BCUT2D eigenvalue weighted by atomic mass is 32.1. The number of thiophene rings is 1. The summed E-state index contributed by atoms with van der Waals surface area (Å²) in [6.45, 7) is 5.91. The molecule has 0 aliphatic carbocycles. The molecule has 2 heterocycles. The molecule has 1 aliphatic heterocycles. The first kappa shape index (κ1) is 20.9. The van der Waals surface area contributed by atoms with E-state index >= 15 is 0 Å². The zero-order chi connectivity index (χ0) is 21.0. The SMILES string of the molecule is CCCCOC(=O)c1c(N[C@H]2OC(=O)c3ccccc32)sc(C(=O)OCC)c1C. The molecule has 3 rings (SSSR count). The van der Waals surface area contributed by atoms with E-state index in [2.05, 4.69) is 5.32 Å². The van der Waals surface area contributed by atoms with Crippen LogP contribution < -0.4 is 5.32 Å². The minimum absolute atomic E-state index is 0.225. The number of benzene rings is 1. The molecule has 29 heavy (non-hydrogen) atoms.